The van der Waals surface area contributed by atoms with Gasteiger partial charge in [-0.3, -0.25) is 4.79 Å². The monoisotopic (exact) mass is 393 g/mol. The zero-order chi connectivity index (χ0) is 17.1. The molecule has 0 N–H and O–H groups in total. The smallest absolute Gasteiger partial charge is 0.389 e. The van der Waals surface area contributed by atoms with Crippen LogP contribution in [0.5, 0.6) is 0 Å². The van der Waals surface area contributed by atoms with E-state index < -0.39 is 17.0 Å². The first-order chi connectivity index (χ1) is 10.8. The van der Waals surface area contributed by atoms with Gasteiger partial charge in [0, 0.05) is 13.1 Å². The predicted molar refractivity (Wildman–Crippen MR) is 87.3 cm³/mol. The number of aromatic nitrogens is 2. The molecule has 0 saturated carbocycles. The second-order valence-electron chi connectivity index (χ2n) is 4.21. The Morgan fingerprint density at radius 2 is 2.22 bits per heavy atom. The van der Waals surface area contributed by atoms with Gasteiger partial charge in [0.2, 0.25) is 5.01 Å². The molecule has 122 valence electrons. The summed E-state index contributed by atoms with van der Waals surface area (Å²) in [5.41, 5.74) is 0. The van der Waals surface area contributed by atoms with Gasteiger partial charge in [0.15, 0.2) is 10.3 Å². The van der Waals surface area contributed by atoms with Crippen LogP contribution in [0, 0.1) is 10.1 Å². The Morgan fingerprint density at radius 1 is 1.52 bits per heavy atom. The Kier molecular flexibility index (Phi) is 5.79. The van der Waals surface area contributed by atoms with Gasteiger partial charge in [0.25, 0.3) is 0 Å². The molecular weight excluding hydrogens is 385 g/mol. The first-order valence-corrected chi connectivity index (χ1v) is 8.48. The maximum atomic E-state index is 11.2. The number of rotatable bonds is 5. The minimum Gasteiger partial charge on any atom is -0.453 e. The van der Waals surface area contributed by atoms with Gasteiger partial charge in [0.05, 0.1) is 10.0 Å². The van der Waals surface area contributed by atoms with Crippen LogP contribution in [0.1, 0.15) is 25.0 Å². The first-order valence-electron chi connectivity index (χ1n) is 6.09. The third-order valence-electron chi connectivity index (χ3n) is 2.42. The molecule has 0 amide bonds. The molecule has 0 aliphatic heterocycles. The van der Waals surface area contributed by atoms with E-state index in [1.807, 2.05) is 0 Å². The summed E-state index contributed by atoms with van der Waals surface area (Å²) < 4.78 is 5.28. The Hall–Kier alpha value is -1.42. The van der Waals surface area contributed by atoms with Crippen molar-refractivity contribution in [3.63, 3.8) is 0 Å². The first kappa shape index (κ1) is 17.9. The maximum Gasteiger partial charge on any atom is 0.389 e. The van der Waals surface area contributed by atoms with Crippen molar-refractivity contribution in [2.45, 2.75) is 29.2 Å². The Morgan fingerprint density at radius 3 is 2.78 bits per heavy atom. The predicted octanol–water partition coefficient (Wildman–Crippen LogP) is 4.53. The van der Waals surface area contributed by atoms with Gasteiger partial charge >= 0.3 is 11.8 Å². The second-order valence-corrected chi connectivity index (χ2v) is 7.35. The van der Waals surface area contributed by atoms with E-state index in [9.17, 15) is 14.9 Å². The average Bonchev–Trinajstić information content (AvgIpc) is 2.85. The van der Waals surface area contributed by atoms with Crippen molar-refractivity contribution < 1.29 is 14.5 Å². The fraction of sp³-hybridized carbons (Fsp3) is 0.250. The van der Waals surface area contributed by atoms with Gasteiger partial charge in [-0.15, -0.1) is 0 Å². The van der Waals surface area contributed by atoms with Gasteiger partial charge in [0.1, 0.15) is 5.03 Å². The lowest BCUT2D eigenvalue weighted by atomic mass is 10.4. The highest BCUT2D eigenvalue weighted by atomic mass is 35.5. The van der Waals surface area contributed by atoms with E-state index in [0.717, 1.165) is 23.1 Å². The molecule has 2 aromatic rings. The number of esters is 1. The normalized spacial score (nSPS) is 12.0. The third-order valence-corrected chi connectivity index (χ3v) is 5.42. The lowest BCUT2D eigenvalue weighted by molar-refractivity contribution is -0.391. The molecule has 1 unspecified atom stereocenters. The topological polar surface area (TPSA) is 95.2 Å². The van der Waals surface area contributed by atoms with Gasteiger partial charge in [-0.05, 0) is 34.7 Å². The summed E-state index contributed by atoms with van der Waals surface area (Å²) in [6.07, 6.45) is 0.713. The molecule has 23 heavy (non-hydrogen) atoms. The van der Waals surface area contributed by atoms with Crippen LogP contribution in [0.15, 0.2) is 21.5 Å². The summed E-state index contributed by atoms with van der Waals surface area (Å²) in [5, 5.41) is 12.5. The van der Waals surface area contributed by atoms with E-state index in [4.69, 9.17) is 27.9 Å². The van der Waals surface area contributed by atoms with Crippen LogP contribution in [0.25, 0.3) is 0 Å². The SMILES string of the molecule is CC(=O)OC(C)c1nc([N+](=O)[O-])c(Sc2ncc(Cl)cc2Cl)s1. The van der Waals surface area contributed by atoms with E-state index in [1.165, 1.54) is 19.2 Å². The second kappa shape index (κ2) is 7.43. The molecule has 2 rings (SSSR count). The summed E-state index contributed by atoms with van der Waals surface area (Å²) in [7, 11) is 0. The molecule has 0 fully saturated rings. The number of pyridine rings is 1. The highest BCUT2D eigenvalue weighted by Gasteiger charge is 2.29. The molecule has 0 aliphatic rings. The zero-order valence-corrected chi connectivity index (χ0v) is 14.9. The number of ether oxygens (including phenoxy) is 1. The number of nitrogens with zero attached hydrogens (tertiary/aromatic N) is 3. The van der Waals surface area contributed by atoms with E-state index >= 15 is 0 Å². The molecule has 7 nitrogen and oxygen atoms in total. The summed E-state index contributed by atoms with van der Waals surface area (Å²) in [6.45, 7) is 2.84. The van der Waals surface area contributed by atoms with Crippen LogP contribution in [-0.4, -0.2) is 20.9 Å². The lowest BCUT2D eigenvalue weighted by Gasteiger charge is -2.04. The number of hydrogen-bond donors (Lipinski definition) is 0. The zero-order valence-electron chi connectivity index (χ0n) is 11.8. The third kappa shape index (κ3) is 4.54. The molecule has 2 heterocycles. The minimum atomic E-state index is -0.681. The van der Waals surface area contributed by atoms with Crippen LogP contribution < -0.4 is 0 Å². The fourth-order valence-corrected chi connectivity index (χ4v) is 4.09. The molecule has 2 aromatic heterocycles. The van der Waals surface area contributed by atoms with Crippen molar-refractivity contribution >= 4 is 58.1 Å². The molecule has 0 aromatic carbocycles. The summed E-state index contributed by atoms with van der Waals surface area (Å²) in [5.74, 6) is -0.825. The Labute approximate surface area is 149 Å². The van der Waals surface area contributed by atoms with Crippen LogP contribution in [-0.2, 0) is 9.53 Å². The number of halogens is 2. The van der Waals surface area contributed by atoms with Gasteiger partial charge in [-0.2, -0.15) is 0 Å². The summed E-state index contributed by atoms with van der Waals surface area (Å²) in [6, 6.07) is 1.49. The molecule has 1 atom stereocenters. The largest absolute Gasteiger partial charge is 0.453 e. The summed E-state index contributed by atoms with van der Waals surface area (Å²) in [4.78, 5) is 29.5. The molecule has 0 saturated heterocycles. The van der Waals surface area contributed by atoms with E-state index in [2.05, 4.69) is 9.97 Å². The van der Waals surface area contributed by atoms with Crippen LogP contribution in [0.4, 0.5) is 5.82 Å². The molecular formula is C12H9Cl2N3O4S2. The number of nitro groups is 1. The summed E-state index contributed by atoms with van der Waals surface area (Å²) >= 11 is 13.9. The standard InChI is InChI=1S/C12H9Cl2N3O4S2/c1-5(21-6(2)18)10-16-9(17(19)20)12(22-10)23-11-8(14)3-7(13)4-15-11/h3-5H,1-2H3. The van der Waals surface area contributed by atoms with E-state index in [-0.39, 0.29) is 10.8 Å². The Balaban J connectivity index is 2.35. The number of carbonyl (C=O) groups excluding carboxylic acids is 1. The minimum absolute atomic E-state index is 0.278. The van der Waals surface area contributed by atoms with Crippen molar-refractivity contribution in [1.29, 1.82) is 0 Å². The van der Waals surface area contributed by atoms with Crippen LogP contribution >= 0.6 is 46.3 Å². The lowest BCUT2D eigenvalue weighted by Crippen LogP contribution is -2.04. The molecule has 0 spiro atoms. The highest BCUT2D eigenvalue weighted by Crippen LogP contribution is 2.42. The fourth-order valence-electron chi connectivity index (χ4n) is 1.53. The highest BCUT2D eigenvalue weighted by molar-refractivity contribution is 8.01. The van der Waals surface area contributed by atoms with Crippen LogP contribution in [0.3, 0.4) is 0 Å². The number of carbonyl (C=O) groups is 1. The Bertz CT molecular complexity index is 769. The van der Waals surface area contributed by atoms with Crippen molar-refractivity contribution in [3.05, 3.63) is 37.4 Å². The van der Waals surface area contributed by atoms with Gasteiger partial charge in [-0.1, -0.05) is 34.5 Å². The van der Waals surface area contributed by atoms with Crippen molar-refractivity contribution in [3.8, 4) is 0 Å². The number of thiazole rings is 1. The van der Waals surface area contributed by atoms with Crippen molar-refractivity contribution in [2.24, 2.45) is 0 Å². The van der Waals surface area contributed by atoms with Crippen molar-refractivity contribution in [2.75, 3.05) is 0 Å². The van der Waals surface area contributed by atoms with Crippen LogP contribution in [0.2, 0.25) is 10.0 Å². The van der Waals surface area contributed by atoms with Gasteiger partial charge in [-0.25, -0.2) is 4.98 Å². The average molecular weight is 394 g/mol. The quantitative estimate of drug-likeness (QED) is 0.418. The molecule has 11 heteroatoms. The molecule has 0 bridgehead atoms. The van der Waals surface area contributed by atoms with E-state index in [1.54, 1.807) is 6.92 Å². The van der Waals surface area contributed by atoms with Crippen molar-refractivity contribution in [1.82, 2.24) is 9.97 Å². The molecule has 0 radical (unpaired) electrons. The molecule has 0 aliphatic carbocycles. The van der Waals surface area contributed by atoms with Gasteiger partial charge < -0.3 is 14.9 Å². The maximum absolute atomic E-state index is 11.2. The number of hydrogen-bond acceptors (Lipinski definition) is 8. The van der Waals surface area contributed by atoms with E-state index in [0.29, 0.717) is 19.3 Å².